The van der Waals surface area contributed by atoms with E-state index in [-0.39, 0.29) is 5.91 Å². The van der Waals surface area contributed by atoms with Gasteiger partial charge in [0.05, 0.1) is 13.2 Å². The molecule has 1 atom stereocenters. The second kappa shape index (κ2) is 5.69. The lowest BCUT2D eigenvalue weighted by Gasteiger charge is -2.35. The average Bonchev–Trinajstić information content (AvgIpc) is 2.38. The van der Waals surface area contributed by atoms with Crippen LogP contribution in [0.15, 0.2) is 22.7 Å². The van der Waals surface area contributed by atoms with Crippen molar-refractivity contribution in [1.82, 2.24) is 0 Å². The number of carbonyl (C=O) groups is 1. The highest BCUT2D eigenvalue weighted by molar-refractivity contribution is 9.10. The van der Waals surface area contributed by atoms with E-state index in [2.05, 4.69) is 15.9 Å². The Morgan fingerprint density at radius 2 is 2.33 bits per heavy atom. The molecule has 5 nitrogen and oxygen atoms in total. The number of halogens is 1. The predicted molar refractivity (Wildman–Crippen MR) is 73.2 cm³/mol. The minimum Gasteiger partial charge on any atom is -0.377 e. The quantitative estimate of drug-likeness (QED) is 0.856. The predicted octanol–water partition coefficient (Wildman–Crippen LogP) is 0.598. The lowest BCUT2D eigenvalue weighted by molar-refractivity contribution is -0.121. The van der Waals surface area contributed by atoms with Gasteiger partial charge in [0.2, 0.25) is 5.91 Å². The van der Waals surface area contributed by atoms with Crippen molar-refractivity contribution in [3.63, 3.8) is 0 Å². The molecule has 1 heterocycles. The Bertz CT molecular complexity index is 453. The summed E-state index contributed by atoms with van der Waals surface area (Å²) >= 11 is 3.48. The van der Waals surface area contributed by atoms with Gasteiger partial charge in [-0.15, -0.1) is 0 Å². The molecule has 1 saturated heterocycles. The van der Waals surface area contributed by atoms with Crippen LogP contribution >= 0.6 is 15.9 Å². The number of hydrogen-bond donors (Lipinski definition) is 2. The standard InChI is InChI=1S/C12H16BrN3O2/c13-10-5-9(2-1-8(10)6-14)16-3-4-18-7-11(16)12(15)17/h1-2,5,11H,3-4,6-7,14H2,(H2,15,17). The van der Waals surface area contributed by atoms with E-state index in [1.165, 1.54) is 0 Å². The highest BCUT2D eigenvalue weighted by Crippen LogP contribution is 2.26. The Labute approximate surface area is 114 Å². The zero-order valence-corrected chi connectivity index (χ0v) is 11.5. The number of benzene rings is 1. The van der Waals surface area contributed by atoms with Crippen LogP contribution in [0.5, 0.6) is 0 Å². The van der Waals surface area contributed by atoms with E-state index in [0.717, 1.165) is 15.7 Å². The average molecular weight is 314 g/mol. The second-order valence-corrected chi connectivity index (χ2v) is 5.02. The second-order valence-electron chi connectivity index (χ2n) is 4.17. The zero-order valence-electron chi connectivity index (χ0n) is 9.93. The Kier molecular flexibility index (Phi) is 4.21. The highest BCUT2D eigenvalue weighted by Gasteiger charge is 2.28. The maximum Gasteiger partial charge on any atom is 0.242 e. The van der Waals surface area contributed by atoms with Crippen LogP contribution in [0.3, 0.4) is 0 Å². The summed E-state index contributed by atoms with van der Waals surface area (Å²) in [4.78, 5) is 13.4. The van der Waals surface area contributed by atoms with Crippen LogP contribution in [0.25, 0.3) is 0 Å². The van der Waals surface area contributed by atoms with Crippen LogP contribution in [-0.4, -0.2) is 31.7 Å². The molecule has 4 N–H and O–H groups in total. The van der Waals surface area contributed by atoms with Crippen LogP contribution in [0.4, 0.5) is 5.69 Å². The number of primary amides is 1. The van der Waals surface area contributed by atoms with Gasteiger partial charge in [0, 0.05) is 23.2 Å². The molecule has 0 bridgehead atoms. The minimum atomic E-state index is -0.408. The Morgan fingerprint density at radius 1 is 1.56 bits per heavy atom. The first-order valence-electron chi connectivity index (χ1n) is 5.75. The van der Waals surface area contributed by atoms with Gasteiger partial charge in [-0.1, -0.05) is 22.0 Å². The van der Waals surface area contributed by atoms with Gasteiger partial charge in [0.1, 0.15) is 6.04 Å². The number of amides is 1. The highest BCUT2D eigenvalue weighted by atomic mass is 79.9. The molecule has 18 heavy (non-hydrogen) atoms. The minimum absolute atomic E-state index is 0.339. The molecule has 0 saturated carbocycles. The summed E-state index contributed by atoms with van der Waals surface area (Å²) in [6.07, 6.45) is 0. The SMILES string of the molecule is NCc1ccc(N2CCOCC2C(N)=O)cc1Br. The normalized spacial score (nSPS) is 19.9. The van der Waals surface area contributed by atoms with Crippen molar-refractivity contribution in [3.05, 3.63) is 28.2 Å². The van der Waals surface area contributed by atoms with Gasteiger partial charge in [-0.05, 0) is 17.7 Å². The van der Waals surface area contributed by atoms with Crippen molar-refractivity contribution < 1.29 is 9.53 Å². The van der Waals surface area contributed by atoms with E-state index in [1.807, 2.05) is 23.1 Å². The monoisotopic (exact) mass is 313 g/mol. The van der Waals surface area contributed by atoms with Crippen molar-refractivity contribution in [2.24, 2.45) is 11.5 Å². The van der Waals surface area contributed by atoms with Crippen LogP contribution in [0.1, 0.15) is 5.56 Å². The molecule has 1 fully saturated rings. The molecule has 1 aromatic carbocycles. The van der Waals surface area contributed by atoms with Gasteiger partial charge in [-0.2, -0.15) is 0 Å². The van der Waals surface area contributed by atoms with Gasteiger partial charge in [-0.3, -0.25) is 4.79 Å². The summed E-state index contributed by atoms with van der Waals surface area (Å²) in [5, 5.41) is 0. The van der Waals surface area contributed by atoms with E-state index in [1.54, 1.807) is 0 Å². The first kappa shape index (κ1) is 13.3. The Balaban J connectivity index is 2.28. The van der Waals surface area contributed by atoms with Gasteiger partial charge in [0.25, 0.3) is 0 Å². The van der Waals surface area contributed by atoms with Crippen molar-refractivity contribution in [2.45, 2.75) is 12.6 Å². The molecule has 0 aromatic heterocycles. The first-order chi connectivity index (χ1) is 8.63. The molecule has 0 spiro atoms. The smallest absolute Gasteiger partial charge is 0.242 e. The Hall–Kier alpha value is -1.11. The third-order valence-corrected chi connectivity index (χ3v) is 3.78. The van der Waals surface area contributed by atoms with Crippen LogP contribution in [0, 0.1) is 0 Å². The summed E-state index contributed by atoms with van der Waals surface area (Å²) in [5.74, 6) is -0.367. The Morgan fingerprint density at radius 3 is 2.94 bits per heavy atom. The number of morpholine rings is 1. The third-order valence-electron chi connectivity index (χ3n) is 3.05. The zero-order chi connectivity index (χ0) is 13.1. The fourth-order valence-corrected chi connectivity index (χ4v) is 2.56. The van der Waals surface area contributed by atoms with E-state index < -0.39 is 6.04 Å². The molecule has 1 unspecified atom stereocenters. The molecule has 98 valence electrons. The molecule has 1 amide bonds. The van der Waals surface area contributed by atoms with E-state index >= 15 is 0 Å². The van der Waals surface area contributed by atoms with Gasteiger partial charge < -0.3 is 21.1 Å². The first-order valence-corrected chi connectivity index (χ1v) is 6.55. The van der Waals surface area contributed by atoms with Crippen molar-refractivity contribution in [3.8, 4) is 0 Å². The van der Waals surface area contributed by atoms with Crippen molar-refractivity contribution in [1.29, 1.82) is 0 Å². The molecule has 0 radical (unpaired) electrons. The molecule has 6 heteroatoms. The fraction of sp³-hybridized carbons (Fsp3) is 0.417. The molecular formula is C12H16BrN3O2. The fourth-order valence-electron chi connectivity index (χ4n) is 2.03. The van der Waals surface area contributed by atoms with Crippen LogP contribution in [0.2, 0.25) is 0 Å². The van der Waals surface area contributed by atoms with E-state index in [4.69, 9.17) is 16.2 Å². The number of hydrogen-bond acceptors (Lipinski definition) is 4. The van der Waals surface area contributed by atoms with Crippen molar-refractivity contribution >= 4 is 27.5 Å². The summed E-state index contributed by atoms with van der Waals surface area (Å²) in [6.45, 7) is 2.07. The molecule has 1 aromatic rings. The number of anilines is 1. The van der Waals surface area contributed by atoms with Gasteiger partial charge in [-0.25, -0.2) is 0 Å². The summed E-state index contributed by atoms with van der Waals surface area (Å²) in [7, 11) is 0. The number of ether oxygens (including phenoxy) is 1. The van der Waals surface area contributed by atoms with E-state index in [9.17, 15) is 4.79 Å². The molecule has 1 aliphatic heterocycles. The third kappa shape index (κ3) is 2.66. The molecule has 0 aliphatic carbocycles. The van der Waals surface area contributed by atoms with Gasteiger partial charge >= 0.3 is 0 Å². The maximum absolute atomic E-state index is 11.4. The summed E-state index contributed by atoms with van der Waals surface area (Å²) < 4.78 is 6.24. The lowest BCUT2D eigenvalue weighted by Crippen LogP contribution is -2.52. The lowest BCUT2D eigenvalue weighted by atomic mass is 10.1. The van der Waals surface area contributed by atoms with Crippen LogP contribution < -0.4 is 16.4 Å². The number of nitrogens with two attached hydrogens (primary N) is 2. The number of carbonyl (C=O) groups excluding carboxylic acids is 1. The molecular weight excluding hydrogens is 298 g/mol. The summed E-state index contributed by atoms with van der Waals surface area (Å²) in [6, 6.07) is 5.46. The molecule has 2 rings (SSSR count). The topological polar surface area (TPSA) is 81.6 Å². The number of nitrogens with zero attached hydrogens (tertiary/aromatic N) is 1. The molecule has 1 aliphatic rings. The summed E-state index contributed by atoms with van der Waals surface area (Å²) in [5.41, 5.74) is 13.0. The van der Waals surface area contributed by atoms with E-state index in [0.29, 0.717) is 26.3 Å². The van der Waals surface area contributed by atoms with Crippen LogP contribution in [-0.2, 0) is 16.1 Å². The maximum atomic E-state index is 11.4. The van der Waals surface area contributed by atoms with Gasteiger partial charge in [0.15, 0.2) is 0 Å². The largest absolute Gasteiger partial charge is 0.377 e. The number of rotatable bonds is 3. The van der Waals surface area contributed by atoms with Crippen molar-refractivity contribution in [2.75, 3.05) is 24.7 Å².